The topological polar surface area (TPSA) is 75.3 Å². The van der Waals surface area contributed by atoms with Gasteiger partial charge in [0.1, 0.15) is 0 Å². The van der Waals surface area contributed by atoms with Gasteiger partial charge in [0.05, 0.1) is 10.1 Å². The van der Waals surface area contributed by atoms with E-state index in [0.717, 1.165) is 10.5 Å². The van der Waals surface area contributed by atoms with Gasteiger partial charge in [-0.1, -0.05) is 35.9 Å². The van der Waals surface area contributed by atoms with Crippen molar-refractivity contribution >= 4 is 50.7 Å². The highest BCUT2D eigenvalue weighted by atomic mass is 35.5. The molecule has 0 aliphatic rings. The molecule has 8 heteroatoms. The number of nitrogens with one attached hydrogen (secondary N) is 2. The number of halogens is 1. The molecular formula is C22H21ClN2O3S2. The number of hydrogen-bond acceptors (Lipinski definition) is 4. The third kappa shape index (κ3) is 5.78. The van der Waals surface area contributed by atoms with E-state index in [1.54, 1.807) is 48.5 Å². The molecule has 0 heterocycles. The summed E-state index contributed by atoms with van der Waals surface area (Å²) in [6.07, 6.45) is 0. The Balaban J connectivity index is 1.60. The van der Waals surface area contributed by atoms with Crippen molar-refractivity contribution in [2.75, 3.05) is 10.0 Å². The second kappa shape index (κ2) is 9.55. The SMILES string of the molecule is Cc1ccc(NC(=O)C(C)Sc2ccc(NS(=O)(=O)c3ccccc3)cc2)cc1Cl. The minimum absolute atomic E-state index is 0.145. The number of rotatable bonds is 7. The van der Waals surface area contributed by atoms with Crippen LogP contribution in [0.4, 0.5) is 11.4 Å². The van der Waals surface area contributed by atoms with Gasteiger partial charge in [0, 0.05) is 21.3 Å². The van der Waals surface area contributed by atoms with Crippen molar-refractivity contribution in [1.29, 1.82) is 0 Å². The molecule has 0 saturated heterocycles. The number of benzene rings is 3. The molecule has 0 aliphatic carbocycles. The zero-order valence-electron chi connectivity index (χ0n) is 16.4. The number of amides is 1. The van der Waals surface area contributed by atoms with E-state index in [4.69, 9.17) is 11.6 Å². The predicted molar refractivity (Wildman–Crippen MR) is 124 cm³/mol. The normalized spacial score (nSPS) is 12.2. The second-order valence-electron chi connectivity index (χ2n) is 6.66. The van der Waals surface area contributed by atoms with E-state index in [-0.39, 0.29) is 16.1 Å². The molecule has 2 N–H and O–H groups in total. The van der Waals surface area contributed by atoms with Gasteiger partial charge in [-0.05, 0) is 67.9 Å². The fraction of sp³-hybridized carbons (Fsp3) is 0.136. The van der Waals surface area contributed by atoms with Gasteiger partial charge < -0.3 is 5.32 Å². The molecule has 3 rings (SSSR count). The number of thioether (sulfide) groups is 1. The lowest BCUT2D eigenvalue weighted by molar-refractivity contribution is -0.115. The Morgan fingerprint density at radius 1 is 0.967 bits per heavy atom. The maximum Gasteiger partial charge on any atom is 0.261 e. The van der Waals surface area contributed by atoms with Crippen LogP contribution in [-0.4, -0.2) is 19.6 Å². The van der Waals surface area contributed by atoms with E-state index in [1.807, 2.05) is 26.0 Å². The lowest BCUT2D eigenvalue weighted by Crippen LogP contribution is -2.22. The standard InChI is InChI=1S/C22H21ClN2O3S2/c1-15-8-9-18(14-21(15)23)24-22(26)16(2)29-19-12-10-17(11-13-19)25-30(27,28)20-6-4-3-5-7-20/h3-14,16,25H,1-2H3,(H,24,26). The van der Waals surface area contributed by atoms with Gasteiger partial charge in [0.2, 0.25) is 5.91 Å². The zero-order chi connectivity index (χ0) is 21.7. The molecule has 0 aliphatic heterocycles. The molecule has 1 unspecified atom stereocenters. The predicted octanol–water partition coefficient (Wildman–Crippen LogP) is 5.57. The van der Waals surface area contributed by atoms with Crippen molar-refractivity contribution in [2.24, 2.45) is 0 Å². The van der Waals surface area contributed by atoms with Crippen LogP contribution in [0.15, 0.2) is 82.6 Å². The molecule has 1 atom stereocenters. The fourth-order valence-electron chi connectivity index (χ4n) is 2.59. The summed E-state index contributed by atoms with van der Waals surface area (Å²) in [5.74, 6) is -0.145. The van der Waals surface area contributed by atoms with Crippen LogP contribution in [-0.2, 0) is 14.8 Å². The molecule has 0 fully saturated rings. The summed E-state index contributed by atoms with van der Waals surface area (Å²) >= 11 is 7.48. The van der Waals surface area contributed by atoms with Crippen LogP contribution >= 0.6 is 23.4 Å². The van der Waals surface area contributed by atoms with Gasteiger partial charge in [0.15, 0.2) is 0 Å². The molecule has 156 valence electrons. The van der Waals surface area contributed by atoms with Crippen LogP contribution in [0.5, 0.6) is 0 Å². The Hall–Kier alpha value is -2.48. The monoisotopic (exact) mass is 460 g/mol. The third-order valence-electron chi connectivity index (χ3n) is 4.28. The van der Waals surface area contributed by atoms with Gasteiger partial charge in [-0.3, -0.25) is 9.52 Å². The summed E-state index contributed by atoms with van der Waals surface area (Å²) in [7, 11) is -3.64. The number of hydrogen-bond donors (Lipinski definition) is 2. The van der Waals surface area contributed by atoms with E-state index >= 15 is 0 Å². The molecule has 0 radical (unpaired) electrons. The largest absolute Gasteiger partial charge is 0.325 e. The van der Waals surface area contributed by atoms with Gasteiger partial charge >= 0.3 is 0 Å². The molecule has 30 heavy (non-hydrogen) atoms. The smallest absolute Gasteiger partial charge is 0.261 e. The second-order valence-corrected chi connectivity index (χ2v) is 10.2. The van der Waals surface area contributed by atoms with Crippen molar-refractivity contribution in [3.8, 4) is 0 Å². The molecule has 1 amide bonds. The highest BCUT2D eigenvalue weighted by Gasteiger charge is 2.16. The average molecular weight is 461 g/mol. The van der Waals surface area contributed by atoms with Gasteiger partial charge in [-0.15, -0.1) is 11.8 Å². The van der Waals surface area contributed by atoms with E-state index in [9.17, 15) is 13.2 Å². The fourth-order valence-corrected chi connectivity index (χ4v) is 4.72. The number of carbonyl (C=O) groups excluding carboxylic acids is 1. The number of anilines is 2. The van der Waals surface area contributed by atoms with Gasteiger partial charge in [-0.25, -0.2) is 8.42 Å². The van der Waals surface area contributed by atoms with E-state index in [1.165, 1.54) is 23.9 Å². The highest BCUT2D eigenvalue weighted by Crippen LogP contribution is 2.27. The van der Waals surface area contributed by atoms with Gasteiger partial charge in [-0.2, -0.15) is 0 Å². The summed E-state index contributed by atoms with van der Waals surface area (Å²) in [6, 6.07) is 20.5. The van der Waals surface area contributed by atoms with Crippen molar-refractivity contribution in [3.63, 3.8) is 0 Å². The third-order valence-corrected chi connectivity index (χ3v) is 7.20. The highest BCUT2D eigenvalue weighted by molar-refractivity contribution is 8.00. The van der Waals surface area contributed by atoms with Crippen LogP contribution in [0.1, 0.15) is 12.5 Å². The molecule has 3 aromatic rings. The van der Waals surface area contributed by atoms with E-state index in [0.29, 0.717) is 16.4 Å². The first-order valence-electron chi connectivity index (χ1n) is 9.16. The van der Waals surface area contributed by atoms with Gasteiger partial charge in [0.25, 0.3) is 10.0 Å². The summed E-state index contributed by atoms with van der Waals surface area (Å²) < 4.78 is 27.3. The van der Waals surface area contributed by atoms with Crippen LogP contribution in [0.25, 0.3) is 0 Å². The van der Waals surface area contributed by atoms with E-state index in [2.05, 4.69) is 10.0 Å². The molecular weight excluding hydrogens is 440 g/mol. The Kier molecular flexibility index (Phi) is 7.07. The Bertz CT molecular complexity index is 1130. The summed E-state index contributed by atoms with van der Waals surface area (Å²) in [6.45, 7) is 3.71. The lowest BCUT2D eigenvalue weighted by Gasteiger charge is -2.13. The first kappa shape index (κ1) is 22.2. The molecule has 0 bridgehead atoms. The summed E-state index contributed by atoms with van der Waals surface area (Å²) in [5, 5.41) is 3.10. The van der Waals surface area contributed by atoms with Crippen molar-refractivity contribution in [3.05, 3.63) is 83.4 Å². The molecule has 0 spiro atoms. The summed E-state index contributed by atoms with van der Waals surface area (Å²) in [4.78, 5) is 13.5. The number of aryl methyl sites for hydroxylation is 1. The molecule has 3 aromatic carbocycles. The zero-order valence-corrected chi connectivity index (χ0v) is 18.8. The van der Waals surface area contributed by atoms with E-state index < -0.39 is 10.0 Å². The molecule has 0 saturated carbocycles. The minimum atomic E-state index is -3.64. The Morgan fingerprint density at radius 2 is 1.60 bits per heavy atom. The average Bonchev–Trinajstić information content (AvgIpc) is 2.72. The summed E-state index contributed by atoms with van der Waals surface area (Å²) in [5.41, 5.74) is 2.04. The first-order valence-corrected chi connectivity index (χ1v) is 11.9. The van der Waals surface area contributed by atoms with Crippen LogP contribution in [0, 0.1) is 6.92 Å². The number of carbonyl (C=O) groups is 1. The van der Waals surface area contributed by atoms with Crippen LogP contribution < -0.4 is 10.0 Å². The van der Waals surface area contributed by atoms with Crippen molar-refractivity contribution < 1.29 is 13.2 Å². The van der Waals surface area contributed by atoms with Crippen molar-refractivity contribution in [1.82, 2.24) is 0 Å². The maximum atomic E-state index is 12.5. The van der Waals surface area contributed by atoms with Crippen LogP contribution in [0.3, 0.4) is 0 Å². The maximum absolute atomic E-state index is 12.5. The van der Waals surface area contributed by atoms with Crippen LogP contribution in [0.2, 0.25) is 5.02 Å². The molecule has 0 aromatic heterocycles. The first-order chi connectivity index (χ1) is 14.2. The quantitative estimate of drug-likeness (QED) is 0.452. The Labute approximate surface area is 185 Å². The number of sulfonamides is 1. The Morgan fingerprint density at radius 3 is 2.23 bits per heavy atom. The minimum Gasteiger partial charge on any atom is -0.325 e. The molecule has 5 nitrogen and oxygen atoms in total. The lowest BCUT2D eigenvalue weighted by atomic mass is 10.2. The van der Waals surface area contributed by atoms with Crippen molar-refractivity contribution in [2.45, 2.75) is 28.9 Å².